The number of nitrogens with one attached hydrogen (secondary N) is 1. The van der Waals surface area contributed by atoms with E-state index in [1.165, 1.54) is 0 Å². The van der Waals surface area contributed by atoms with E-state index in [0.717, 1.165) is 25.9 Å². The molecule has 0 atom stereocenters. The van der Waals surface area contributed by atoms with E-state index in [2.05, 4.69) is 11.9 Å². The molecule has 4 nitrogen and oxygen atoms in total. The highest BCUT2D eigenvalue weighted by molar-refractivity contribution is 6.04. The molecule has 2 amide bonds. The number of carbonyl (C=O) groups is 2. The van der Waals surface area contributed by atoms with Crippen molar-refractivity contribution in [3.63, 3.8) is 0 Å². The molecule has 16 heavy (non-hydrogen) atoms. The molecule has 1 aliphatic heterocycles. The lowest BCUT2D eigenvalue weighted by atomic mass is 9.90. The van der Waals surface area contributed by atoms with E-state index in [4.69, 9.17) is 0 Å². The van der Waals surface area contributed by atoms with Crippen molar-refractivity contribution in [2.75, 3.05) is 19.6 Å². The van der Waals surface area contributed by atoms with Crippen LogP contribution in [0.25, 0.3) is 0 Å². The summed E-state index contributed by atoms with van der Waals surface area (Å²) in [5.41, 5.74) is -0.979. The number of rotatable bonds is 4. The van der Waals surface area contributed by atoms with Crippen molar-refractivity contribution < 1.29 is 9.59 Å². The van der Waals surface area contributed by atoms with Crippen LogP contribution in [0.2, 0.25) is 0 Å². The van der Waals surface area contributed by atoms with Gasteiger partial charge in [0.05, 0.1) is 0 Å². The van der Waals surface area contributed by atoms with Crippen LogP contribution in [-0.4, -0.2) is 36.3 Å². The first-order valence-corrected chi connectivity index (χ1v) is 5.68. The second-order valence-electron chi connectivity index (χ2n) is 4.62. The van der Waals surface area contributed by atoms with E-state index in [1.54, 1.807) is 24.8 Å². The van der Waals surface area contributed by atoms with Gasteiger partial charge in [0.15, 0.2) is 0 Å². The van der Waals surface area contributed by atoms with Gasteiger partial charge in [-0.2, -0.15) is 0 Å². The largest absolute Gasteiger partial charge is 0.352 e. The van der Waals surface area contributed by atoms with E-state index in [1.807, 2.05) is 0 Å². The van der Waals surface area contributed by atoms with Crippen molar-refractivity contribution in [3.05, 3.63) is 12.7 Å². The van der Waals surface area contributed by atoms with Gasteiger partial charge in [-0.15, -0.1) is 6.58 Å². The molecule has 0 spiro atoms. The summed E-state index contributed by atoms with van der Waals surface area (Å²) < 4.78 is 0. The standard InChI is InChI=1S/C12H20N2O2/c1-4-7-13-10(15)12(2,3)11(16)14-8-5-6-9-14/h4H,1,5-9H2,2-3H3,(H,13,15). The van der Waals surface area contributed by atoms with Crippen LogP contribution in [0, 0.1) is 5.41 Å². The third kappa shape index (κ3) is 2.62. The number of hydrogen-bond acceptors (Lipinski definition) is 2. The van der Waals surface area contributed by atoms with Crippen molar-refractivity contribution in [1.29, 1.82) is 0 Å². The minimum atomic E-state index is -0.979. The average molecular weight is 224 g/mol. The molecule has 0 bridgehead atoms. The number of hydrogen-bond donors (Lipinski definition) is 1. The Morgan fingerprint density at radius 3 is 2.44 bits per heavy atom. The normalized spacial score (nSPS) is 16.0. The van der Waals surface area contributed by atoms with E-state index in [-0.39, 0.29) is 11.8 Å². The first-order chi connectivity index (χ1) is 7.50. The molecule has 1 N–H and O–H groups in total. The first-order valence-electron chi connectivity index (χ1n) is 5.68. The molecule has 1 aliphatic rings. The summed E-state index contributed by atoms with van der Waals surface area (Å²) in [6.07, 6.45) is 3.68. The van der Waals surface area contributed by atoms with Gasteiger partial charge < -0.3 is 10.2 Å². The minimum Gasteiger partial charge on any atom is -0.352 e. The number of carbonyl (C=O) groups excluding carboxylic acids is 2. The molecule has 4 heteroatoms. The second-order valence-corrected chi connectivity index (χ2v) is 4.62. The van der Waals surface area contributed by atoms with Gasteiger partial charge in [-0.05, 0) is 26.7 Å². The Labute approximate surface area is 96.7 Å². The Kier molecular flexibility index (Phi) is 4.10. The molecule has 0 unspecified atom stereocenters. The van der Waals surface area contributed by atoms with Crippen molar-refractivity contribution in [1.82, 2.24) is 10.2 Å². The van der Waals surface area contributed by atoms with E-state index >= 15 is 0 Å². The third-order valence-electron chi connectivity index (χ3n) is 2.90. The van der Waals surface area contributed by atoms with Crippen molar-refractivity contribution in [2.45, 2.75) is 26.7 Å². The highest BCUT2D eigenvalue weighted by Gasteiger charge is 2.39. The van der Waals surface area contributed by atoms with Crippen LogP contribution in [0.15, 0.2) is 12.7 Å². The average Bonchev–Trinajstić information content (AvgIpc) is 2.77. The molecule has 1 saturated heterocycles. The van der Waals surface area contributed by atoms with Gasteiger partial charge in [-0.25, -0.2) is 0 Å². The van der Waals surface area contributed by atoms with E-state index < -0.39 is 5.41 Å². The summed E-state index contributed by atoms with van der Waals surface area (Å²) in [4.78, 5) is 25.7. The van der Waals surface area contributed by atoms with Gasteiger partial charge in [0.25, 0.3) is 0 Å². The molecule has 0 aromatic carbocycles. The maximum absolute atomic E-state index is 12.1. The van der Waals surface area contributed by atoms with Gasteiger partial charge >= 0.3 is 0 Å². The zero-order valence-corrected chi connectivity index (χ0v) is 10.1. The highest BCUT2D eigenvalue weighted by atomic mass is 16.2. The summed E-state index contributed by atoms with van der Waals surface area (Å²) in [7, 11) is 0. The zero-order valence-electron chi connectivity index (χ0n) is 10.1. The molecule has 0 aliphatic carbocycles. The molecule has 0 saturated carbocycles. The lowest BCUT2D eigenvalue weighted by Gasteiger charge is -2.27. The quantitative estimate of drug-likeness (QED) is 0.570. The molecule has 1 rings (SSSR count). The fraction of sp³-hybridized carbons (Fsp3) is 0.667. The van der Waals surface area contributed by atoms with Crippen LogP contribution in [0.5, 0.6) is 0 Å². The predicted octanol–water partition coefficient (Wildman–Crippen LogP) is 0.937. The Morgan fingerprint density at radius 2 is 1.94 bits per heavy atom. The molecular formula is C12H20N2O2. The zero-order chi connectivity index (χ0) is 12.2. The van der Waals surface area contributed by atoms with E-state index in [9.17, 15) is 9.59 Å². The summed E-state index contributed by atoms with van der Waals surface area (Å²) in [6, 6.07) is 0. The Morgan fingerprint density at radius 1 is 1.38 bits per heavy atom. The molecule has 90 valence electrons. The van der Waals surface area contributed by atoms with Gasteiger partial charge in [-0.3, -0.25) is 9.59 Å². The molecular weight excluding hydrogens is 204 g/mol. The fourth-order valence-corrected chi connectivity index (χ4v) is 1.80. The fourth-order valence-electron chi connectivity index (χ4n) is 1.80. The Hall–Kier alpha value is -1.32. The summed E-state index contributed by atoms with van der Waals surface area (Å²) >= 11 is 0. The molecule has 1 heterocycles. The number of amides is 2. The topological polar surface area (TPSA) is 49.4 Å². The maximum Gasteiger partial charge on any atom is 0.237 e. The summed E-state index contributed by atoms with van der Waals surface area (Å²) in [6.45, 7) is 8.82. The number of likely N-dealkylation sites (tertiary alicyclic amines) is 1. The highest BCUT2D eigenvalue weighted by Crippen LogP contribution is 2.22. The van der Waals surface area contributed by atoms with Gasteiger partial charge in [0.2, 0.25) is 11.8 Å². The SMILES string of the molecule is C=CCNC(=O)C(C)(C)C(=O)N1CCCC1. The van der Waals surface area contributed by atoms with Crippen LogP contribution in [0.4, 0.5) is 0 Å². The Bertz CT molecular complexity index is 291. The van der Waals surface area contributed by atoms with Crippen LogP contribution in [0.1, 0.15) is 26.7 Å². The van der Waals surface area contributed by atoms with Crippen molar-refractivity contribution >= 4 is 11.8 Å². The minimum absolute atomic E-state index is 0.0773. The Balaban J connectivity index is 2.63. The molecule has 1 fully saturated rings. The third-order valence-corrected chi connectivity index (χ3v) is 2.90. The summed E-state index contributed by atoms with van der Waals surface area (Å²) in [5.74, 6) is -0.309. The van der Waals surface area contributed by atoms with E-state index in [0.29, 0.717) is 6.54 Å². The van der Waals surface area contributed by atoms with Crippen LogP contribution < -0.4 is 5.32 Å². The summed E-state index contributed by atoms with van der Waals surface area (Å²) in [5, 5.41) is 2.67. The second kappa shape index (κ2) is 5.14. The predicted molar refractivity (Wildman–Crippen MR) is 62.8 cm³/mol. The molecule has 0 aromatic heterocycles. The van der Waals surface area contributed by atoms with Crippen molar-refractivity contribution in [2.24, 2.45) is 5.41 Å². The lowest BCUT2D eigenvalue weighted by molar-refractivity contribution is -0.147. The van der Waals surface area contributed by atoms with Gasteiger partial charge in [0, 0.05) is 19.6 Å². The van der Waals surface area contributed by atoms with Gasteiger partial charge in [-0.1, -0.05) is 6.08 Å². The van der Waals surface area contributed by atoms with Crippen LogP contribution in [0.3, 0.4) is 0 Å². The smallest absolute Gasteiger partial charge is 0.237 e. The lowest BCUT2D eigenvalue weighted by Crippen LogP contribution is -2.48. The van der Waals surface area contributed by atoms with Crippen LogP contribution in [-0.2, 0) is 9.59 Å². The maximum atomic E-state index is 12.1. The van der Waals surface area contributed by atoms with Crippen molar-refractivity contribution in [3.8, 4) is 0 Å². The first kappa shape index (κ1) is 12.7. The molecule has 0 aromatic rings. The van der Waals surface area contributed by atoms with Gasteiger partial charge in [0.1, 0.15) is 5.41 Å². The number of nitrogens with zero attached hydrogens (tertiary/aromatic N) is 1. The molecule has 0 radical (unpaired) electrons. The van der Waals surface area contributed by atoms with Crippen LogP contribution >= 0.6 is 0 Å². The monoisotopic (exact) mass is 224 g/mol.